The number of primary amides is 2. The molecule has 9 nitrogen and oxygen atoms in total. The van der Waals surface area contributed by atoms with Gasteiger partial charge in [-0.15, -0.1) is 0 Å². The Kier molecular flexibility index (Phi) is 5.76. The van der Waals surface area contributed by atoms with Crippen LogP contribution in [0.15, 0.2) is 12.3 Å². The van der Waals surface area contributed by atoms with Gasteiger partial charge in [0.15, 0.2) is 11.5 Å². The molecule has 6 N–H and O–H groups in total. The van der Waals surface area contributed by atoms with Gasteiger partial charge in [-0.3, -0.25) is 9.59 Å². The van der Waals surface area contributed by atoms with E-state index in [1.165, 1.54) is 17.7 Å². The average molecular weight is 377 g/mol. The number of amides is 2. The van der Waals surface area contributed by atoms with Crippen LogP contribution in [0, 0.1) is 5.41 Å². The van der Waals surface area contributed by atoms with Crippen molar-refractivity contribution in [3.63, 3.8) is 0 Å². The van der Waals surface area contributed by atoms with E-state index in [1.54, 1.807) is 0 Å². The van der Waals surface area contributed by atoms with E-state index >= 15 is 0 Å². The van der Waals surface area contributed by atoms with Gasteiger partial charge in [-0.05, 0) is 29.4 Å². The first-order chi connectivity index (χ1) is 12.1. The van der Waals surface area contributed by atoms with E-state index in [0.717, 1.165) is 12.1 Å². The summed E-state index contributed by atoms with van der Waals surface area (Å²) in [6.07, 6.45) is 2.14. The van der Waals surface area contributed by atoms with Crippen LogP contribution in [0.4, 0.5) is 16.6 Å². The largest absolute Gasteiger partial charge is 0.368 e. The maximum Gasteiger partial charge on any atom is 0.271 e. The quantitative estimate of drug-likeness (QED) is 0.573. The first-order valence-corrected chi connectivity index (χ1v) is 8.84. The molecule has 0 aromatic carbocycles. The van der Waals surface area contributed by atoms with Crippen molar-refractivity contribution in [1.82, 2.24) is 14.3 Å². The van der Waals surface area contributed by atoms with Crippen LogP contribution in [0.2, 0.25) is 0 Å². The van der Waals surface area contributed by atoms with Gasteiger partial charge < -0.3 is 22.1 Å². The Morgan fingerprint density at radius 1 is 1.31 bits per heavy atom. The first kappa shape index (κ1) is 19.6. The smallest absolute Gasteiger partial charge is 0.271 e. The molecule has 0 aliphatic rings. The van der Waals surface area contributed by atoms with Gasteiger partial charge in [-0.25, -0.2) is 9.97 Å². The van der Waals surface area contributed by atoms with Gasteiger partial charge >= 0.3 is 0 Å². The van der Waals surface area contributed by atoms with E-state index in [4.69, 9.17) is 11.5 Å². The number of nitrogens with two attached hydrogens (primary N) is 2. The van der Waals surface area contributed by atoms with Crippen LogP contribution in [0.3, 0.4) is 0 Å². The van der Waals surface area contributed by atoms with Gasteiger partial charge in [-0.2, -0.15) is 4.37 Å². The summed E-state index contributed by atoms with van der Waals surface area (Å²) in [5.41, 5.74) is 11.3. The molecule has 140 valence electrons. The predicted molar refractivity (Wildman–Crippen MR) is 101 cm³/mol. The minimum Gasteiger partial charge on any atom is -0.368 e. The summed E-state index contributed by atoms with van der Waals surface area (Å²) in [4.78, 5) is 31.8. The first-order valence-electron chi connectivity index (χ1n) is 8.07. The summed E-state index contributed by atoms with van der Waals surface area (Å²) < 4.78 is 4.27. The SMILES string of the molecule is CCc1cc(Nc2nc(NC(C(N)=O)C(C)(C)C)cnc2C(N)=O)sn1. The van der Waals surface area contributed by atoms with E-state index in [-0.39, 0.29) is 11.5 Å². The summed E-state index contributed by atoms with van der Waals surface area (Å²) in [5, 5.41) is 6.70. The molecule has 2 heterocycles. The summed E-state index contributed by atoms with van der Waals surface area (Å²) in [6.45, 7) is 7.63. The Balaban J connectivity index is 2.35. The molecule has 2 amide bonds. The Bertz CT molecular complexity index is 813. The zero-order valence-electron chi connectivity index (χ0n) is 15.2. The summed E-state index contributed by atoms with van der Waals surface area (Å²) in [6, 6.07) is 1.19. The number of rotatable bonds is 7. The Labute approximate surface area is 155 Å². The monoisotopic (exact) mass is 377 g/mol. The third-order valence-electron chi connectivity index (χ3n) is 3.61. The van der Waals surface area contributed by atoms with Crippen LogP contribution in [-0.4, -0.2) is 32.2 Å². The lowest BCUT2D eigenvalue weighted by atomic mass is 9.86. The summed E-state index contributed by atoms with van der Waals surface area (Å²) in [7, 11) is 0. The minimum absolute atomic E-state index is 0.00613. The molecule has 0 radical (unpaired) electrons. The number of nitrogens with zero attached hydrogens (tertiary/aromatic N) is 3. The van der Waals surface area contributed by atoms with E-state index in [2.05, 4.69) is 25.0 Å². The predicted octanol–water partition coefficient (Wildman–Crippen LogP) is 1.65. The zero-order chi connectivity index (χ0) is 19.5. The summed E-state index contributed by atoms with van der Waals surface area (Å²) >= 11 is 1.24. The third kappa shape index (κ3) is 4.66. The molecule has 0 saturated heterocycles. The molecule has 0 bridgehead atoms. The van der Waals surface area contributed by atoms with Crippen molar-refractivity contribution in [2.24, 2.45) is 16.9 Å². The molecule has 2 aromatic rings. The van der Waals surface area contributed by atoms with Gasteiger partial charge in [0.05, 0.1) is 11.9 Å². The van der Waals surface area contributed by atoms with Crippen LogP contribution in [-0.2, 0) is 11.2 Å². The van der Waals surface area contributed by atoms with Crippen molar-refractivity contribution < 1.29 is 9.59 Å². The van der Waals surface area contributed by atoms with Crippen molar-refractivity contribution >= 4 is 40.0 Å². The van der Waals surface area contributed by atoms with Crippen LogP contribution in [0.5, 0.6) is 0 Å². The van der Waals surface area contributed by atoms with Crippen molar-refractivity contribution in [2.45, 2.75) is 40.2 Å². The highest BCUT2D eigenvalue weighted by molar-refractivity contribution is 7.10. The highest BCUT2D eigenvalue weighted by atomic mass is 32.1. The molecule has 0 fully saturated rings. The normalized spacial score (nSPS) is 12.5. The second-order valence-electron chi connectivity index (χ2n) is 6.82. The molecule has 2 rings (SSSR count). The zero-order valence-corrected chi connectivity index (χ0v) is 16.0. The molecule has 0 aliphatic carbocycles. The van der Waals surface area contributed by atoms with Crippen molar-refractivity contribution in [2.75, 3.05) is 10.6 Å². The molecule has 1 atom stereocenters. The molecule has 0 spiro atoms. The third-order valence-corrected chi connectivity index (χ3v) is 4.35. The van der Waals surface area contributed by atoms with Gasteiger partial charge in [0.1, 0.15) is 16.9 Å². The molecule has 1 unspecified atom stereocenters. The Morgan fingerprint density at radius 3 is 2.50 bits per heavy atom. The van der Waals surface area contributed by atoms with Gasteiger partial charge in [0, 0.05) is 0 Å². The fraction of sp³-hybridized carbons (Fsp3) is 0.438. The van der Waals surface area contributed by atoms with Crippen molar-refractivity contribution in [3.05, 3.63) is 23.7 Å². The molecular weight excluding hydrogens is 354 g/mol. The minimum atomic E-state index is -0.714. The van der Waals surface area contributed by atoms with Gasteiger partial charge in [0.25, 0.3) is 5.91 Å². The van der Waals surface area contributed by atoms with Crippen LogP contribution in [0.25, 0.3) is 0 Å². The Hall–Kier alpha value is -2.75. The maximum absolute atomic E-state index is 11.8. The maximum atomic E-state index is 11.8. The fourth-order valence-corrected chi connectivity index (χ4v) is 2.97. The van der Waals surface area contributed by atoms with Crippen LogP contribution < -0.4 is 22.1 Å². The van der Waals surface area contributed by atoms with Crippen LogP contribution in [0.1, 0.15) is 43.9 Å². The highest BCUT2D eigenvalue weighted by Crippen LogP contribution is 2.26. The number of nitrogens with one attached hydrogen (secondary N) is 2. The lowest BCUT2D eigenvalue weighted by Crippen LogP contribution is -2.45. The molecule has 10 heteroatoms. The second kappa shape index (κ2) is 7.65. The van der Waals surface area contributed by atoms with E-state index < -0.39 is 23.3 Å². The van der Waals surface area contributed by atoms with E-state index in [9.17, 15) is 9.59 Å². The van der Waals surface area contributed by atoms with Gasteiger partial charge in [0.2, 0.25) is 5.91 Å². The van der Waals surface area contributed by atoms with E-state index in [1.807, 2.05) is 33.8 Å². The lowest BCUT2D eigenvalue weighted by Gasteiger charge is -2.29. The van der Waals surface area contributed by atoms with E-state index in [0.29, 0.717) is 10.8 Å². The number of aromatic nitrogens is 3. The molecule has 26 heavy (non-hydrogen) atoms. The number of anilines is 3. The fourth-order valence-electron chi connectivity index (χ4n) is 2.24. The number of hydrogen-bond donors (Lipinski definition) is 4. The molecular formula is C16H23N7O2S. The molecule has 0 aliphatic heterocycles. The highest BCUT2D eigenvalue weighted by Gasteiger charge is 2.30. The lowest BCUT2D eigenvalue weighted by molar-refractivity contribution is -0.120. The van der Waals surface area contributed by atoms with Gasteiger partial charge in [-0.1, -0.05) is 27.7 Å². The molecule has 0 saturated carbocycles. The Morgan fingerprint density at radius 2 is 2.00 bits per heavy atom. The topological polar surface area (TPSA) is 149 Å². The van der Waals surface area contributed by atoms with Crippen molar-refractivity contribution in [3.8, 4) is 0 Å². The summed E-state index contributed by atoms with van der Waals surface area (Å²) in [5.74, 6) is -0.737. The van der Waals surface area contributed by atoms with Crippen LogP contribution >= 0.6 is 11.5 Å². The number of carbonyl (C=O) groups is 2. The number of carbonyl (C=O) groups excluding carboxylic acids is 2. The number of hydrogen-bond acceptors (Lipinski definition) is 8. The average Bonchev–Trinajstić information content (AvgIpc) is 2.98. The molecule has 2 aromatic heterocycles. The number of aryl methyl sites for hydroxylation is 1. The van der Waals surface area contributed by atoms with Crippen molar-refractivity contribution in [1.29, 1.82) is 0 Å². The second-order valence-corrected chi connectivity index (χ2v) is 7.63. The standard InChI is InChI=1S/C16H23N7O2S/c1-5-8-6-10(26-23-8)22-15-11(13(17)24)19-7-9(21-15)20-12(14(18)25)16(2,3)4/h6-7,12H,5H2,1-4H3,(H2,17,24)(H2,18,25)(H2,20,21,22).